The van der Waals surface area contributed by atoms with Gasteiger partial charge >= 0.3 is 11.9 Å². The smallest absolute Gasteiger partial charge is 0.322 e. The highest BCUT2D eigenvalue weighted by Gasteiger charge is 2.14. The van der Waals surface area contributed by atoms with Gasteiger partial charge in [0, 0.05) is 12.8 Å². The monoisotopic (exact) mass is 676 g/mol. The molecule has 0 aliphatic rings. The van der Waals surface area contributed by atoms with E-state index in [0.29, 0.717) is 12.8 Å². The number of carbonyl (C=O) groups is 3. The molecule has 0 bridgehead atoms. The summed E-state index contributed by atoms with van der Waals surface area (Å²) < 4.78 is 6.01. The van der Waals surface area contributed by atoms with E-state index in [1.165, 1.54) is 109 Å². The number of allylic oxidation sites excluding steroid dienone is 4. The molecule has 0 spiro atoms. The molecule has 0 aliphatic heterocycles. The van der Waals surface area contributed by atoms with Crippen molar-refractivity contribution in [2.24, 2.45) is 0 Å². The largest absolute Gasteiger partial charge is 0.480 e. The highest BCUT2D eigenvalue weighted by Crippen LogP contribution is 2.19. The molecule has 0 radical (unpaired) electrons. The Morgan fingerprint density at radius 1 is 0.542 bits per heavy atom. The first-order valence-corrected chi connectivity index (χ1v) is 20.5. The Labute approximate surface area is 296 Å². The lowest BCUT2D eigenvalue weighted by molar-refractivity contribution is -0.150. The number of carboxylic acids is 1. The van der Waals surface area contributed by atoms with Crippen molar-refractivity contribution in [3.8, 4) is 0 Å². The molecule has 0 saturated heterocycles. The van der Waals surface area contributed by atoms with Crippen LogP contribution in [0, 0.1) is 0 Å². The van der Waals surface area contributed by atoms with Crippen LogP contribution in [0.15, 0.2) is 24.3 Å². The molecule has 0 aromatic rings. The third kappa shape index (κ3) is 36.7. The predicted octanol–water partition coefficient (Wildman–Crippen LogP) is 12.3. The highest BCUT2D eigenvalue weighted by molar-refractivity contribution is 5.80. The topological polar surface area (TPSA) is 92.7 Å². The number of nitrogens with one attached hydrogen (secondary N) is 1. The van der Waals surface area contributed by atoms with Crippen molar-refractivity contribution in [3.63, 3.8) is 0 Å². The minimum atomic E-state index is -1.02. The van der Waals surface area contributed by atoms with Gasteiger partial charge in [0.2, 0.25) is 5.91 Å². The first-order valence-electron chi connectivity index (χ1n) is 20.5. The van der Waals surface area contributed by atoms with Gasteiger partial charge in [-0.15, -0.1) is 0 Å². The van der Waals surface area contributed by atoms with E-state index in [1.54, 1.807) is 0 Å². The molecule has 1 unspecified atom stereocenters. The van der Waals surface area contributed by atoms with Crippen LogP contribution < -0.4 is 5.32 Å². The zero-order chi connectivity index (χ0) is 35.2. The summed E-state index contributed by atoms with van der Waals surface area (Å²) in [7, 11) is 0. The summed E-state index contributed by atoms with van der Waals surface area (Å²) in [5.41, 5.74) is 0. The molecule has 6 heteroatoms. The Morgan fingerprint density at radius 3 is 1.48 bits per heavy atom. The van der Waals surface area contributed by atoms with Gasteiger partial charge in [0.1, 0.15) is 12.6 Å². The van der Waals surface area contributed by atoms with Crippen LogP contribution in [0.5, 0.6) is 0 Å². The lowest BCUT2D eigenvalue weighted by Gasteiger charge is -2.18. The van der Waals surface area contributed by atoms with Crippen LogP contribution in [0.1, 0.15) is 213 Å². The fourth-order valence-corrected chi connectivity index (χ4v) is 6.07. The minimum Gasteiger partial charge on any atom is -0.480 e. The van der Waals surface area contributed by atoms with Crippen molar-refractivity contribution in [2.45, 2.75) is 219 Å². The molecule has 48 heavy (non-hydrogen) atoms. The first kappa shape index (κ1) is 45.9. The second kappa shape index (κ2) is 37.7. The van der Waals surface area contributed by atoms with E-state index in [2.05, 4.69) is 43.5 Å². The normalized spacial score (nSPS) is 12.2. The van der Waals surface area contributed by atoms with Gasteiger partial charge in [-0.1, -0.05) is 154 Å². The van der Waals surface area contributed by atoms with Gasteiger partial charge in [0.05, 0.1) is 0 Å². The van der Waals surface area contributed by atoms with E-state index < -0.39 is 5.97 Å². The fraction of sp³-hybridized carbons (Fsp3) is 0.833. The third-order valence-corrected chi connectivity index (χ3v) is 9.13. The van der Waals surface area contributed by atoms with Crippen molar-refractivity contribution in [2.75, 3.05) is 6.54 Å². The van der Waals surface area contributed by atoms with Gasteiger partial charge in [-0.05, 0) is 70.6 Å². The second-order valence-electron chi connectivity index (χ2n) is 13.9. The molecule has 1 amide bonds. The van der Waals surface area contributed by atoms with Crippen molar-refractivity contribution in [1.82, 2.24) is 5.32 Å². The van der Waals surface area contributed by atoms with Crippen molar-refractivity contribution >= 4 is 17.8 Å². The van der Waals surface area contributed by atoms with E-state index in [0.717, 1.165) is 77.0 Å². The zero-order valence-electron chi connectivity index (χ0n) is 31.6. The molecule has 280 valence electrons. The van der Waals surface area contributed by atoms with Crippen LogP contribution in [0.25, 0.3) is 0 Å². The number of ether oxygens (including phenoxy) is 1. The molecule has 0 aliphatic carbocycles. The Balaban J connectivity index is 4.17. The van der Waals surface area contributed by atoms with E-state index >= 15 is 0 Å². The Kier molecular flexibility index (Phi) is 36.0. The number of carbonyl (C=O) groups excluding carboxylic acids is 2. The average Bonchev–Trinajstić information content (AvgIpc) is 3.07. The van der Waals surface area contributed by atoms with Crippen LogP contribution in [0.2, 0.25) is 0 Å². The summed E-state index contributed by atoms with van der Waals surface area (Å²) in [6.07, 6.45) is 44.3. The molecule has 0 aromatic heterocycles. The van der Waals surface area contributed by atoms with Gasteiger partial charge in [0.25, 0.3) is 0 Å². The van der Waals surface area contributed by atoms with Gasteiger partial charge in [-0.2, -0.15) is 0 Å². The van der Waals surface area contributed by atoms with Crippen LogP contribution in [0.3, 0.4) is 0 Å². The quantitative estimate of drug-likeness (QED) is 0.0388. The lowest BCUT2D eigenvalue weighted by atomic mass is 10.0. The number of unbranched alkanes of at least 4 members (excludes halogenated alkanes) is 22. The van der Waals surface area contributed by atoms with E-state index in [9.17, 15) is 14.4 Å². The van der Waals surface area contributed by atoms with E-state index in [-0.39, 0.29) is 24.5 Å². The fourth-order valence-electron chi connectivity index (χ4n) is 6.07. The number of hydrogen-bond donors (Lipinski definition) is 2. The number of rotatable bonds is 37. The molecule has 0 saturated carbocycles. The molecule has 0 heterocycles. The summed E-state index contributed by atoms with van der Waals surface area (Å²) in [5.74, 6) is -1.24. The maximum absolute atomic E-state index is 12.7. The average molecular weight is 676 g/mol. The zero-order valence-corrected chi connectivity index (χ0v) is 31.6. The van der Waals surface area contributed by atoms with Crippen molar-refractivity contribution < 1.29 is 24.2 Å². The summed E-state index contributed by atoms with van der Waals surface area (Å²) in [6.45, 7) is 4.20. The maximum Gasteiger partial charge on any atom is 0.322 e. The van der Waals surface area contributed by atoms with Crippen molar-refractivity contribution in [1.29, 1.82) is 0 Å². The lowest BCUT2D eigenvalue weighted by Crippen LogP contribution is -2.28. The summed E-state index contributed by atoms with van der Waals surface area (Å²) in [6, 6.07) is 0. The molecule has 2 N–H and O–H groups in total. The molecule has 0 fully saturated rings. The number of esters is 1. The SMILES string of the molecule is CCCCC/C=C\C/C=C\CCCCCCCC(=O)OC(CCCCCCCCCCCCC)CCCCCCCC(=O)NCC(=O)O. The number of carboxylic acid groups (broad SMARTS) is 1. The maximum atomic E-state index is 12.7. The Bertz CT molecular complexity index is 793. The molecule has 6 nitrogen and oxygen atoms in total. The molecule has 0 rings (SSSR count). The minimum absolute atomic E-state index is 0.0239. The number of amides is 1. The van der Waals surface area contributed by atoms with E-state index in [4.69, 9.17) is 9.84 Å². The summed E-state index contributed by atoms with van der Waals surface area (Å²) in [4.78, 5) is 34.9. The highest BCUT2D eigenvalue weighted by atomic mass is 16.5. The van der Waals surface area contributed by atoms with E-state index in [1.807, 2.05) is 0 Å². The molecule has 1 atom stereocenters. The molecular formula is C42H77NO5. The van der Waals surface area contributed by atoms with Gasteiger partial charge < -0.3 is 15.2 Å². The molecular weight excluding hydrogens is 598 g/mol. The van der Waals surface area contributed by atoms with Crippen LogP contribution in [-0.4, -0.2) is 35.6 Å². The molecule has 0 aromatic carbocycles. The number of aliphatic carboxylic acids is 1. The Morgan fingerprint density at radius 2 is 0.958 bits per heavy atom. The van der Waals surface area contributed by atoms with Gasteiger partial charge in [0.15, 0.2) is 0 Å². The van der Waals surface area contributed by atoms with Crippen LogP contribution in [-0.2, 0) is 19.1 Å². The second-order valence-corrected chi connectivity index (χ2v) is 13.9. The first-order chi connectivity index (χ1) is 23.5. The van der Waals surface area contributed by atoms with Gasteiger partial charge in [-0.25, -0.2) is 0 Å². The van der Waals surface area contributed by atoms with Crippen LogP contribution in [0.4, 0.5) is 0 Å². The van der Waals surface area contributed by atoms with Crippen molar-refractivity contribution in [3.05, 3.63) is 24.3 Å². The third-order valence-electron chi connectivity index (χ3n) is 9.13. The Hall–Kier alpha value is -2.11. The predicted molar refractivity (Wildman–Crippen MR) is 203 cm³/mol. The summed E-state index contributed by atoms with van der Waals surface area (Å²) in [5, 5.41) is 11.1. The summed E-state index contributed by atoms with van der Waals surface area (Å²) >= 11 is 0. The van der Waals surface area contributed by atoms with Gasteiger partial charge in [-0.3, -0.25) is 14.4 Å². The standard InChI is InChI=1S/C42H77NO5/c1-3-5-7-9-11-13-15-16-17-18-20-22-24-29-33-37-42(47)48-39(34-30-26-23-21-19-14-12-10-8-6-4-2)35-31-27-25-28-32-36-40(44)43-38-41(45)46/h11,13,16-17,39H,3-10,12,14-15,18-38H2,1-2H3,(H,43,44)(H,45,46)/b13-11-,17-16-. The van der Waals surface area contributed by atoms with Crippen LogP contribution >= 0.6 is 0 Å². The number of hydrogen-bond acceptors (Lipinski definition) is 4.